The van der Waals surface area contributed by atoms with Crippen LogP contribution in [0.5, 0.6) is 5.75 Å². The summed E-state index contributed by atoms with van der Waals surface area (Å²) in [5.41, 5.74) is 11.8. The van der Waals surface area contributed by atoms with E-state index >= 15 is 0 Å². The van der Waals surface area contributed by atoms with Crippen LogP contribution >= 0.6 is 23.5 Å². The third kappa shape index (κ3) is 12.5. The van der Waals surface area contributed by atoms with Crippen LogP contribution in [-0.2, 0) is 30.4 Å². The van der Waals surface area contributed by atoms with E-state index in [-0.39, 0.29) is 31.4 Å². The summed E-state index contributed by atoms with van der Waals surface area (Å²) in [5, 5.41) is 26.6. The van der Waals surface area contributed by atoms with E-state index in [9.17, 15) is 34.2 Å². The fourth-order valence-corrected chi connectivity index (χ4v) is 4.29. The van der Waals surface area contributed by atoms with Gasteiger partial charge in [0.25, 0.3) is 0 Å². The number of aliphatic carboxylic acids is 1. The molecule has 0 fully saturated rings. The summed E-state index contributed by atoms with van der Waals surface area (Å²) in [6, 6.07) is 1.54. The van der Waals surface area contributed by atoms with E-state index in [0.29, 0.717) is 23.5 Å². The molecule has 1 aromatic carbocycles. The number of hydrogen-bond acceptors (Lipinski definition) is 9. The lowest BCUT2D eigenvalue weighted by Gasteiger charge is -2.25. The van der Waals surface area contributed by atoms with E-state index in [1.54, 1.807) is 18.4 Å². The Balaban J connectivity index is 3.13. The van der Waals surface area contributed by atoms with Crippen molar-refractivity contribution in [2.45, 2.75) is 56.3 Å². The Morgan fingerprint density at radius 3 is 1.89 bits per heavy atom. The minimum absolute atomic E-state index is 0.0166. The molecule has 4 atom stereocenters. The topological polar surface area (TPSA) is 214 Å². The van der Waals surface area contributed by atoms with Crippen molar-refractivity contribution in [3.8, 4) is 5.75 Å². The molecule has 0 aromatic heterocycles. The van der Waals surface area contributed by atoms with E-state index in [4.69, 9.17) is 11.5 Å². The average Bonchev–Trinajstić information content (AvgIpc) is 2.87. The zero-order chi connectivity index (χ0) is 28.7. The predicted octanol–water partition coefficient (Wildman–Crippen LogP) is -0.427. The van der Waals surface area contributed by atoms with Gasteiger partial charge in [0.2, 0.25) is 23.6 Å². The summed E-state index contributed by atoms with van der Waals surface area (Å²) in [6.07, 6.45) is 3.82. The number of rotatable bonds is 18. The fourth-order valence-electron chi connectivity index (χ4n) is 3.32. The van der Waals surface area contributed by atoms with E-state index in [0.717, 1.165) is 0 Å². The van der Waals surface area contributed by atoms with Crippen molar-refractivity contribution >= 4 is 53.1 Å². The molecule has 0 bridgehead atoms. The summed E-state index contributed by atoms with van der Waals surface area (Å²) in [6.45, 7) is 0. The molecule has 14 heteroatoms. The van der Waals surface area contributed by atoms with Crippen LogP contribution in [0.3, 0.4) is 0 Å². The number of nitrogens with one attached hydrogen (secondary N) is 3. The molecule has 0 heterocycles. The number of hydrogen-bond donors (Lipinski definition) is 7. The Morgan fingerprint density at radius 1 is 0.816 bits per heavy atom. The third-order valence-electron chi connectivity index (χ3n) is 5.52. The molecular weight excluding hydrogens is 534 g/mol. The van der Waals surface area contributed by atoms with Crippen LogP contribution in [0.4, 0.5) is 0 Å². The van der Waals surface area contributed by atoms with Crippen molar-refractivity contribution in [2.75, 3.05) is 24.0 Å². The van der Waals surface area contributed by atoms with Gasteiger partial charge >= 0.3 is 5.97 Å². The van der Waals surface area contributed by atoms with Crippen LogP contribution in [0.25, 0.3) is 0 Å². The number of primary amides is 1. The number of aromatic hydroxyl groups is 1. The van der Waals surface area contributed by atoms with Gasteiger partial charge in [-0.3, -0.25) is 19.2 Å². The molecule has 0 aliphatic carbocycles. The number of phenols is 1. The number of carboxylic acid groups (broad SMARTS) is 1. The highest BCUT2D eigenvalue weighted by molar-refractivity contribution is 7.98. The summed E-state index contributed by atoms with van der Waals surface area (Å²) in [4.78, 5) is 61.9. The largest absolute Gasteiger partial charge is 0.508 e. The van der Waals surface area contributed by atoms with Crippen LogP contribution in [0, 0.1) is 0 Å². The number of carbonyl (C=O) groups excluding carboxylic acids is 4. The van der Waals surface area contributed by atoms with Gasteiger partial charge in [0.05, 0.1) is 6.04 Å². The van der Waals surface area contributed by atoms with Crippen LogP contribution in [0.2, 0.25) is 0 Å². The molecule has 38 heavy (non-hydrogen) atoms. The van der Waals surface area contributed by atoms with Gasteiger partial charge in [0.1, 0.15) is 23.9 Å². The maximum absolute atomic E-state index is 13.3. The minimum atomic E-state index is -1.28. The van der Waals surface area contributed by atoms with Gasteiger partial charge in [-0.05, 0) is 61.0 Å². The Hall–Kier alpha value is -2.97. The number of nitrogens with two attached hydrogens (primary N) is 2. The molecule has 0 radical (unpaired) electrons. The first kappa shape index (κ1) is 33.1. The first-order valence-corrected chi connectivity index (χ1v) is 14.7. The summed E-state index contributed by atoms with van der Waals surface area (Å²) >= 11 is 2.93. The number of carbonyl (C=O) groups is 5. The molecule has 1 aromatic rings. The maximum atomic E-state index is 13.3. The molecule has 9 N–H and O–H groups in total. The second kappa shape index (κ2) is 17.5. The third-order valence-corrected chi connectivity index (χ3v) is 6.80. The van der Waals surface area contributed by atoms with Gasteiger partial charge in [-0.25, -0.2) is 4.79 Å². The maximum Gasteiger partial charge on any atom is 0.326 e. The molecule has 0 saturated carbocycles. The highest BCUT2D eigenvalue weighted by atomic mass is 32.2. The van der Waals surface area contributed by atoms with Crippen LogP contribution < -0.4 is 27.4 Å². The highest BCUT2D eigenvalue weighted by Gasteiger charge is 2.30. The lowest BCUT2D eigenvalue weighted by atomic mass is 10.0. The number of phenolic OH excluding ortho intramolecular Hbond substituents is 1. The second-order valence-electron chi connectivity index (χ2n) is 8.57. The van der Waals surface area contributed by atoms with Crippen molar-refractivity contribution in [3.05, 3.63) is 29.8 Å². The van der Waals surface area contributed by atoms with Crippen molar-refractivity contribution < 1.29 is 34.2 Å². The fraction of sp³-hybridized carbons (Fsp3) is 0.542. The molecule has 12 nitrogen and oxygen atoms in total. The number of carboxylic acids is 1. The van der Waals surface area contributed by atoms with Crippen molar-refractivity contribution in [1.82, 2.24) is 16.0 Å². The average molecular weight is 572 g/mol. The summed E-state index contributed by atoms with van der Waals surface area (Å²) in [5.74, 6) is -2.88. The first-order valence-electron chi connectivity index (χ1n) is 11.9. The quantitative estimate of drug-likeness (QED) is 0.121. The lowest BCUT2D eigenvalue weighted by molar-refractivity contribution is -0.142. The molecule has 0 spiro atoms. The van der Waals surface area contributed by atoms with Crippen molar-refractivity contribution in [1.29, 1.82) is 0 Å². The molecule has 1 rings (SSSR count). The molecule has 4 amide bonds. The zero-order valence-corrected chi connectivity index (χ0v) is 23.1. The molecule has 0 aliphatic rings. The smallest absolute Gasteiger partial charge is 0.326 e. The van der Waals surface area contributed by atoms with Crippen LogP contribution in [-0.4, -0.2) is 88.0 Å². The highest BCUT2D eigenvalue weighted by Crippen LogP contribution is 2.12. The first-order chi connectivity index (χ1) is 18.0. The van der Waals surface area contributed by atoms with E-state index in [1.807, 2.05) is 6.26 Å². The van der Waals surface area contributed by atoms with E-state index in [1.165, 1.54) is 35.7 Å². The van der Waals surface area contributed by atoms with E-state index in [2.05, 4.69) is 16.0 Å². The lowest BCUT2D eigenvalue weighted by Crippen LogP contribution is -2.57. The van der Waals surface area contributed by atoms with Crippen molar-refractivity contribution in [2.24, 2.45) is 11.5 Å². The second-order valence-corrected chi connectivity index (χ2v) is 10.5. The van der Waals surface area contributed by atoms with Crippen molar-refractivity contribution in [3.63, 3.8) is 0 Å². The molecule has 4 unspecified atom stereocenters. The van der Waals surface area contributed by atoms with Crippen LogP contribution in [0.15, 0.2) is 24.3 Å². The van der Waals surface area contributed by atoms with Gasteiger partial charge in [-0.2, -0.15) is 23.5 Å². The summed E-state index contributed by atoms with van der Waals surface area (Å²) < 4.78 is 0. The van der Waals surface area contributed by atoms with Gasteiger partial charge in [-0.15, -0.1) is 0 Å². The Labute approximate surface area is 230 Å². The molecular formula is C24H37N5O7S2. The normalized spacial score (nSPS) is 14.0. The Kier molecular flexibility index (Phi) is 15.2. The molecule has 212 valence electrons. The molecule has 0 saturated heterocycles. The summed E-state index contributed by atoms with van der Waals surface area (Å²) in [7, 11) is 0. The van der Waals surface area contributed by atoms with Gasteiger partial charge < -0.3 is 37.6 Å². The van der Waals surface area contributed by atoms with Crippen LogP contribution in [0.1, 0.15) is 31.2 Å². The molecule has 0 aliphatic heterocycles. The number of benzene rings is 1. The number of thioether (sulfide) groups is 2. The zero-order valence-electron chi connectivity index (χ0n) is 21.5. The Morgan fingerprint density at radius 2 is 1.34 bits per heavy atom. The van der Waals surface area contributed by atoms with Gasteiger partial charge in [0, 0.05) is 12.8 Å². The monoisotopic (exact) mass is 571 g/mol. The SMILES string of the molecule is CSCCC(N)C(=O)NC(Cc1ccc(O)cc1)C(=O)NC(CCC(N)=O)C(=O)NC(CCSC)C(=O)O. The number of amides is 4. The minimum Gasteiger partial charge on any atom is -0.508 e. The van der Waals surface area contributed by atoms with E-state index < -0.39 is 53.8 Å². The Bertz CT molecular complexity index is 949. The standard InChI is InChI=1S/C24H37N5O7S2/c1-37-11-9-16(25)21(32)29-19(13-14-3-5-15(30)6-4-14)23(34)27-17(7-8-20(26)31)22(33)28-18(24(35)36)10-12-38-2/h3-6,16-19,30H,7-13,25H2,1-2H3,(H2,26,31)(H,27,34)(H,28,33)(H,29,32)(H,35,36). The van der Waals surface area contributed by atoms with Gasteiger partial charge in [0.15, 0.2) is 0 Å². The van der Waals surface area contributed by atoms with Gasteiger partial charge in [-0.1, -0.05) is 12.1 Å². The predicted molar refractivity (Wildman–Crippen MR) is 148 cm³/mol.